The number of carbonyl (C=O) groups is 1. The summed E-state index contributed by atoms with van der Waals surface area (Å²) in [5.74, 6) is 1.04. The molecule has 1 amide bonds. The van der Waals surface area contributed by atoms with E-state index in [9.17, 15) is 4.79 Å². The van der Waals surface area contributed by atoms with Gasteiger partial charge in [0, 0.05) is 23.6 Å². The second kappa shape index (κ2) is 5.48. The van der Waals surface area contributed by atoms with Crippen LogP contribution < -0.4 is 14.8 Å². The fourth-order valence-corrected chi connectivity index (χ4v) is 1.81. The van der Waals surface area contributed by atoms with Crippen LogP contribution in [0, 0.1) is 6.92 Å². The van der Waals surface area contributed by atoms with Crippen molar-refractivity contribution in [2.24, 2.45) is 0 Å². The minimum atomic E-state index is -0.161. The first-order valence-electron chi connectivity index (χ1n) is 5.83. The summed E-state index contributed by atoms with van der Waals surface area (Å²) in [6.45, 7) is 1.85. The summed E-state index contributed by atoms with van der Waals surface area (Å²) in [6.07, 6.45) is 1.73. The van der Waals surface area contributed by atoms with Crippen molar-refractivity contribution < 1.29 is 14.3 Å². The molecule has 0 aliphatic heterocycles. The lowest BCUT2D eigenvalue weighted by molar-refractivity contribution is 0.102. The second-order valence-corrected chi connectivity index (χ2v) is 4.04. The average molecular weight is 260 g/mol. The van der Waals surface area contributed by atoms with Crippen molar-refractivity contribution >= 4 is 11.6 Å². The molecule has 0 aliphatic rings. The Labute approximate surface area is 111 Å². The summed E-state index contributed by atoms with van der Waals surface area (Å²) in [5.41, 5.74) is 2.11. The first-order chi connectivity index (χ1) is 9.15. The van der Waals surface area contributed by atoms with Crippen LogP contribution in [0.5, 0.6) is 11.5 Å². The largest absolute Gasteiger partial charge is 0.493 e. The fraction of sp³-hybridized carbons (Fsp3) is 0.214. The van der Waals surface area contributed by atoms with Gasteiger partial charge in [-0.05, 0) is 25.1 Å². The predicted octanol–water partition coefficient (Wildman–Crippen LogP) is 2.59. The number of aromatic amines is 1. The zero-order valence-electron chi connectivity index (χ0n) is 11.1. The van der Waals surface area contributed by atoms with Crippen LogP contribution in [-0.2, 0) is 0 Å². The zero-order valence-corrected chi connectivity index (χ0v) is 11.1. The maximum atomic E-state index is 12.0. The molecule has 5 heteroatoms. The number of H-pyrrole nitrogens is 1. The van der Waals surface area contributed by atoms with Gasteiger partial charge >= 0.3 is 0 Å². The molecule has 0 aliphatic carbocycles. The number of carbonyl (C=O) groups excluding carboxylic acids is 1. The van der Waals surface area contributed by atoms with Gasteiger partial charge < -0.3 is 19.8 Å². The lowest BCUT2D eigenvalue weighted by Gasteiger charge is -2.10. The summed E-state index contributed by atoms with van der Waals surface area (Å²) >= 11 is 0. The Hall–Kier alpha value is -2.43. The number of benzene rings is 1. The summed E-state index contributed by atoms with van der Waals surface area (Å²) < 4.78 is 10.3. The first kappa shape index (κ1) is 13.0. The molecule has 100 valence electrons. The summed E-state index contributed by atoms with van der Waals surface area (Å²) in [5, 5.41) is 2.82. The molecular formula is C14H16N2O3. The van der Waals surface area contributed by atoms with Gasteiger partial charge in [0.1, 0.15) is 0 Å². The number of aromatic nitrogens is 1. The highest BCUT2D eigenvalue weighted by Gasteiger charge is 2.11. The van der Waals surface area contributed by atoms with Crippen LogP contribution in [-0.4, -0.2) is 25.1 Å². The molecule has 2 N–H and O–H groups in total. The van der Waals surface area contributed by atoms with Gasteiger partial charge in [0.05, 0.1) is 19.8 Å². The van der Waals surface area contributed by atoms with Gasteiger partial charge in [0.2, 0.25) is 0 Å². The molecular weight excluding hydrogens is 244 g/mol. The molecule has 2 aromatic rings. The number of hydrogen-bond acceptors (Lipinski definition) is 3. The minimum absolute atomic E-state index is 0.161. The molecule has 19 heavy (non-hydrogen) atoms. The summed E-state index contributed by atoms with van der Waals surface area (Å²) in [7, 11) is 3.12. The normalized spacial score (nSPS) is 10.1. The van der Waals surface area contributed by atoms with Crippen molar-refractivity contribution in [3.05, 3.63) is 41.7 Å². The SMILES string of the molecule is COc1ccc(NC(=O)c2cc[nH]c2C)cc1OC. The number of rotatable bonds is 4. The minimum Gasteiger partial charge on any atom is -0.493 e. The number of methoxy groups -OCH3 is 2. The van der Waals surface area contributed by atoms with Gasteiger partial charge in [0.25, 0.3) is 5.91 Å². The Morgan fingerprint density at radius 1 is 1.16 bits per heavy atom. The van der Waals surface area contributed by atoms with Gasteiger partial charge in [-0.2, -0.15) is 0 Å². The van der Waals surface area contributed by atoms with Gasteiger partial charge in [-0.25, -0.2) is 0 Å². The Bertz CT molecular complexity index is 590. The molecule has 2 rings (SSSR count). The van der Waals surface area contributed by atoms with E-state index in [1.807, 2.05) is 6.92 Å². The van der Waals surface area contributed by atoms with Crippen molar-refractivity contribution in [3.63, 3.8) is 0 Å². The number of aryl methyl sites for hydroxylation is 1. The van der Waals surface area contributed by atoms with Crippen LogP contribution in [0.4, 0.5) is 5.69 Å². The van der Waals surface area contributed by atoms with E-state index in [1.165, 1.54) is 0 Å². The maximum Gasteiger partial charge on any atom is 0.257 e. The van der Waals surface area contributed by atoms with E-state index in [0.717, 1.165) is 5.69 Å². The Morgan fingerprint density at radius 3 is 2.47 bits per heavy atom. The van der Waals surface area contributed by atoms with Crippen LogP contribution in [0.2, 0.25) is 0 Å². The van der Waals surface area contributed by atoms with Crippen molar-refractivity contribution in [1.82, 2.24) is 4.98 Å². The zero-order chi connectivity index (χ0) is 13.8. The van der Waals surface area contributed by atoms with Crippen molar-refractivity contribution in [2.75, 3.05) is 19.5 Å². The standard InChI is InChI=1S/C14H16N2O3/c1-9-11(6-7-15-9)14(17)16-10-4-5-12(18-2)13(8-10)19-3/h4-8,15H,1-3H3,(H,16,17). The van der Waals surface area contributed by atoms with Crippen molar-refractivity contribution in [2.45, 2.75) is 6.92 Å². The fourth-order valence-electron chi connectivity index (χ4n) is 1.81. The van der Waals surface area contributed by atoms with E-state index in [4.69, 9.17) is 9.47 Å². The van der Waals surface area contributed by atoms with Crippen molar-refractivity contribution in [3.8, 4) is 11.5 Å². The highest BCUT2D eigenvalue weighted by Crippen LogP contribution is 2.29. The second-order valence-electron chi connectivity index (χ2n) is 4.04. The van der Waals surface area contributed by atoms with Crippen LogP contribution in [0.1, 0.15) is 16.1 Å². The Kier molecular flexibility index (Phi) is 3.75. The monoisotopic (exact) mass is 260 g/mol. The van der Waals surface area contributed by atoms with Gasteiger partial charge in [-0.1, -0.05) is 0 Å². The van der Waals surface area contributed by atoms with Crippen LogP contribution in [0.15, 0.2) is 30.5 Å². The molecule has 0 saturated carbocycles. The molecule has 0 spiro atoms. The van der Waals surface area contributed by atoms with E-state index >= 15 is 0 Å². The van der Waals surface area contributed by atoms with E-state index in [1.54, 1.807) is 44.7 Å². The third kappa shape index (κ3) is 2.70. The smallest absolute Gasteiger partial charge is 0.257 e. The molecule has 1 aromatic carbocycles. The van der Waals surface area contributed by atoms with E-state index < -0.39 is 0 Å². The average Bonchev–Trinajstić information content (AvgIpc) is 2.85. The van der Waals surface area contributed by atoms with Crippen LogP contribution in [0.3, 0.4) is 0 Å². The van der Waals surface area contributed by atoms with E-state index in [-0.39, 0.29) is 5.91 Å². The molecule has 1 aromatic heterocycles. The lowest BCUT2D eigenvalue weighted by atomic mass is 10.2. The van der Waals surface area contributed by atoms with E-state index in [2.05, 4.69) is 10.3 Å². The summed E-state index contributed by atoms with van der Waals surface area (Å²) in [4.78, 5) is 15.0. The number of nitrogens with one attached hydrogen (secondary N) is 2. The number of ether oxygens (including phenoxy) is 2. The van der Waals surface area contributed by atoms with E-state index in [0.29, 0.717) is 22.7 Å². The van der Waals surface area contributed by atoms with Crippen LogP contribution in [0.25, 0.3) is 0 Å². The number of hydrogen-bond donors (Lipinski definition) is 2. The quantitative estimate of drug-likeness (QED) is 0.888. The number of anilines is 1. The number of amides is 1. The highest BCUT2D eigenvalue weighted by molar-refractivity contribution is 6.05. The third-order valence-corrected chi connectivity index (χ3v) is 2.84. The molecule has 5 nitrogen and oxygen atoms in total. The predicted molar refractivity (Wildman–Crippen MR) is 73.0 cm³/mol. The lowest BCUT2D eigenvalue weighted by Crippen LogP contribution is -2.12. The van der Waals surface area contributed by atoms with Gasteiger partial charge in [-0.15, -0.1) is 0 Å². The first-order valence-corrected chi connectivity index (χ1v) is 5.83. The maximum absolute atomic E-state index is 12.0. The highest BCUT2D eigenvalue weighted by atomic mass is 16.5. The molecule has 0 bridgehead atoms. The molecule has 0 radical (unpaired) electrons. The van der Waals surface area contributed by atoms with Gasteiger partial charge in [0.15, 0.2) is 11.5 Å². The molecule has 0 saturated heterocycles. The topological polar surface area (TPSA) is 63.3 Å². The summed E-state index contributed by atoms with van der Waals surface area (Å²) in [6, 6.07) is 6.98. The Balaban J connectivity index is 2.20. The molecule has 0 fully saturated rings. The Morgan fingerprint density at radius 2 is 1.89 bits per heavy atom. The third-order valence-electron chi connectivity index (χ3n) is 2.84. The molecule has 0 atom stereocenters. The van der Waals surface area contributed by atoms with Crippen LogP contribution >= 0.6 is 0 Å². The van der Waals surface area contributed by atoms with Crippen molar-refractivity contribution in [1.29, 1.82) is 0 Å². The van der Waals surface area contributed by atoms with Gasteiger partial charge in [-0.3, -0.25) is 4.79 Å². The molecule has 1 heterocycles. The molecule has 0 unspecified atom stereocenters.